The van der Waals surface area contributed by atoms with Gasteiger partial charge in [-0.1, -0.05) is 12.1 Å². The van der Waals surface area contributed by atoms with Crippen LogP contribution in [0.3, 0.4) is 0 Å². The topological polar surface area (TPSA) is 90.1 Å². The summed E-state index contributed by atoms with van der Waals surface area (Å²) in [5.74, 6) is -0.853. The smallest absolute Gasteiger partial charge is 0.274 e. The van der Waals surface area contributed by atoms with Crippen molar-refractivity contribution in [3.8, 4) is 16.9 Å². The van der Waals surface area contributed by atoms with E-state index in [1.54, 1.807) is 6.07 Å². The summed E-state index contributed by atoms with van der Waals surface area (Å²) in [6, 6.07) is 18.8. The number of rotatable bonds is 5. The van der Waals surface area contributed by atoms with Gasteiger partial charge in [-0.2, -0.15) is 5.10 Å². The lowest BCUT2D eigenvalue weighted by Gasteiger charge is -2.08. The molecule has 0 saturated carbocycles. The van der Waals surface area contributed by atoms with Crippen LogP contribution in [-0.2, 0) is 0 Å². The molecule has 0 fully saturated rings. The predicted octanol–water partition coefficient (Wildman–Crippen LogP) is 5.46. The summed E-state index contributed by atoms with van der Waals surface area (Å²) in [4.78, 5) is 23.6. The van der Waals surface area contributed by atoms with Crippen molar-refractivity contribution in [2.75, 3.05) is 5.32 Å². The number of hydrogen-bond acceptors (Lipinski definition) is 4. The van der Waals surface area contributed by atoms with Crippen LogP contribution in [0.25, 0.3) is 16.9 Å². The lowest BCUT2D eigenvalue weighted by molar-refractivity contribution is -0.384. The van der Waals surface area contributed by atoms with Crippen molar-refractivity contribution in [1.29, 1.82) is 0 Å². The van der Waals surface area contributed by atoms with Gasteiger partial charge in [-0.05, 0) is 73.5 Å². The fourth-order valence-corrected chi connectivity index (χ4v) is 3.23. The maximum absolute atomic E-state index is 13.2. The van der Waals surface area contributed by atoms with Gasteiger partial charge in [-0.15, -0.1) is 0 Å². The maximum Gasteiger partial charge on any atom is 0.274 e. The second-order valence-electron chi connectivity index (χ2n) is 7.36. The van der Waals surface area contributed by atoms with Crippen molar-refractivity contribution in [3.05, 3.63) is 106 Å². The normalized spacial score (nSPS) is 10.7. The molecule has 1 amide bonds. The number of carbonyl (C=O) groups excluding carboxylic acids is 1. The molecule has 8 heteroatoms. The van der Waals surface area contributed by atoms with E-state index in [1.807, 2.05) is 32.0 Å². The van der Waals surface area contributed by atoms with E-state index in [-0.39, 0.29) is 11.4 Å². The van der Waals surface area contributed by atoms with Crippen LogP contribution in [-0.4, -0.2) is 20.6 Å². The zero-order valence-corrected chi connectivity index (χ0v) is 17.4. The van der Waals surface area contributed by atoms with Crippen molar-refractivity contribution in [3.63, 3.8) is 0 Å². The highest BCUT2D eigenvalue weighted by Gasteiger charge is 2.19. The Morgan fingerprint density at radius 1 is 0.969 bits per heavy atom. The SMILES string of the molecule is Cc1ccc(-c2cc(C(=O)Nc3ccc(F)cc3)n(-c3ccc([N+](=O)[O-])cc3)n2)cc1C. The number of benzene rings is 3. The molecule has 0 unspecified atom stereocenters. The van der Waals surface area contributed by atoms with Crippen LogP contribution >= 0.6 is 0 Å². The van der Waals surface area contributed by atoms with Crippen LogP contribution in [0.5, 0.6) is 0 Å². The van der Waals surface area contributed by atoms with Gasteiger partial charge in [0, 0.05) is 23.4 Å². The number of nitro benzene ring substituents is 1. The quantitative estimate of drug-likeness (QED) is 0.336. The molecule has 4 rings (SSSR count). The van der Waals surface area contributed by atoms with Crippen LogP contribution in [0.1, 0.15) is 21.6 Å². The Morgan fingerprint density at radius 2 is 1.66 bits per heavy atom. The molecule has 1 N–H and O–H groups in total. The minimum absolute atomic E-state index is 0.0624. The lowest BCUT2D eigenvalue weighted by Crippen LogP contribution is -2.17. The molecule has 0 aliphatic carbocycles. The Hall–Kier alpha value is -4.33. The lowest BCUT2D eigenvalue weighted by atomic mass is 10.0. The molecule has 0 spiro atoms. The standard InChI is InChI=1S/C24H19FN4O3/c1-15-3-4-17(13-16(15)2)22-14-23(24(30)26-19-7-5-18(25)6-8-19)28(27-22)20-9-11-21(12-10-20)29(31)32/h3-14H,1-2H3,(H,26,30). The van der Waals surface area contributed by atoms with Gasteiger partial charge in [0.05, 0.1) is 16.3 Å². The summed E-state index contributed by atoms with van der Waals surface area (Å²) >= 11 is 0. The molecule has 32 heavy (non-hydrogen) atoms. The van der Waals surface area contributed by atoms with Crippen molar-refractivity contribution < 1.29 is 14.1 Å². The average molecular weight is 430 g/mol. The molecule has 160 valence electrons. The van der Waals surface area contributed by atoms with Crippen LogP contribution in [0.15, 0.2) is 72.8 Å². The molecule has 0 bridgehead atoms. The number of nitrogens with zero attached hydrogens (tertiary/aromatic N) is 3. The molecule has 0 saturated heterocycles. The molecular weight excluding hydrogens is 411 g/mol. The molecule has 0 aliphatic rings. The number of nitro groups is 1. The summed E-state index contributed by atoms with van der Waals surface area (Å²) in [6.45, 7) is 4.00. The van der Waals surface area contributed by atoms with E-state index in [0.29, 0.717) is 17.1 Å². The van der Waals surface area contributed by atoms with E-state index in [4.69, 9.17) is 0 Å². The third-order valence-corrected chi connectivity index (χ3v) is 5.15. The van der Waals surface area contributed by atoms with Gasteiger partial charge in [0.15, 0.2) is 0 Å². The molecule has 0 radical (unpaired) electrons. The third kappa shape index (κ3) is 4.24. The van der Waals surface area contributed by atoms with Crippen LogP contribution in [0.2, 0.25) is 0 Å². The largest absolute Gasteiger partial charge is 0.321 e. The molecule has 7 nitrogen and oxygen atoms in total. The van der Waals surface area contributed by atoms with Gasteiger partial charge < -0.3 is 5.32 Å². The Morgan fingerprint density at radius 3 is 2.28 bits per heavy atom. The first-order valence-electron chi connectivity index (χ1n) is 9.81. The van der Waals surface area contributed by atoms with Crippen molar-refractivity contribution in [1.82, 2.24) is 9.78 Å². The van der Waals surface area contributed by atoms with Crippen molar-refractivity contribution >= 4 is 17.3 Å². The number of nitrogens with one attached hydrogen (secondary N) is 1. The first kappa shape index (κ1) is 20.9. The monoisotopic (exact) mass is 430 g/mol. The van der Waals surface area contributed by atoms with E-state index in [0.717, 1.165) is 16.7 Å². The number of anilines is 1. The van der Waals surface area contributed by atoms with Gasteiger partial charge in [-0.25, -0.2) is 9.07 Å². The first-order valence-corrected chi connectivity index (χ1v) is 9.81. The highest BCUT2D eigenvalue weighted by atomic mass is 19.1. The van der Waals surface area contributed by atoms with Crippen LogP contribution in [0, 0.1) is 29.8 Å². The highest BCUT2D eigenvalue weighted by Crippen LogP contribution is 2.25. The molecule has 0 atom stereocenters. The minimum Gasteiger partial charge on any atom is -0.321 e. The van der Waals surface area contributed by atoms with E-state index in [9.17, 15) is 19.3 Å². The molecule has 0 aliphatic heterocycles. The zero-order chi connectivity index (χ0) is 22.8. The number of non-ortho nitro benzene ring substituents is 1. The average Bonchev–Trinajstić information content (AvgIpc) is 3.23. The minimum atomic E-state index is -0.491. The Labute approximate surface area is 183 Å². The summed E-state index contributed by atoms with van der Waals surface area (Å²) in [5.41, 5.74) is 4.74. The fourth-order valence-electron chi connectivity index (χ4n) is 3.23. The van der Waals surface area contributed by atoms with Gasteiger partial charge in [0.1, 0.15) is 11.5 Å². The van der Waals surface area contributed by atoms with Crippen LogP contribution in [0.4, 0.5) is 15.8 Å². The van der Waals surface area contributed by atoms with Crippen molar-refractivity contribution in [2.45, 2.75) is 13.8 Å². The zero-order valence-electron chi connectivity index (χ0n) is 17.4. The van der Waals surface area contributed by atoms with Gasteiger partial charge >= 0.3 is 0 Å². The van der Waals surface area contributed by atoms with Gasteiger partial charge in [0.25, 0.3) is 11.6 Å². The summed E-state index contributed by atoms with van der Waals surface area (Å²) in [6.07, 6.45) is 0. The van der Waals surface area contributed by atoms with Gasteiger partial charge in [0.2, 0.25) is 0 Å². The number of carbonyl (C=O) groups is 1. The second-order valence-corrected chi connectivity index (χ2v) is 7.36. The van der Waals surface area contributed by atoms with Crippen molar-refractivity contribution in [2.24, 2.45) is 0 Å². The van der Waals surface area contributed by atoms with Crippen LogP contribution < -0.4 is 5.32 Å². The second kappa shape index (κ2) is 8.43. The molecule has 3 aromatic carbocycles. The Bertz CT molecular complexity index is 1310. The number of aromatic nitrogens is 2. The Balaban J connectivity index is 1.77. The van der Waals surface area contributed by atoms with Gasteiger partial charge in [-0.3, -0.25) is 14.9 Å². The predicted molar refractivity (Wildman–Crippen MR) is 119 cm³/mol. The molecule has 1 aromatic heterocycles. The number of amides is 1. The summed E-state index contributed by atoms with van der Waals surface area (Å²) in [7, 11) is 0. The molecule has 1 heterocycles. The first-order chi connectivity index (χ1) is 15.3. The molecule has 4 aromatic rings. The number of halogens is 1. The number of hydrogen-bond donors (Lipinski definition) is 1. The van der Waals surface area contributed by atoms with E-state index in [2.05, 4.69) is 10.4 Å². The highest BCUT2D eigenvalue weighted by molar-refractivity contribution is 6.04. The fraction of sp³-hybridized carbons (Fsp3) is 0.0833. The maximum atomic E-state index is 13.2. The van der Waals surface area contributed by atoms with E-state index in [1.165, 1.54) is 53.2 Å². The number of aryl methyl sites for hydroxylation is 2. The summed E-state index contributed by atoms with van der Waals surface area (Å²) in [5, 5.41) is 18.3. The van der Waals surface area contributed by atoms with E-state index >= 15 is 0 Å². The van der Waals surface area contributed by atoms with E-state index < -0.39 is 16.6 Å². The Kier molecular flexibility index (Phi) is 5.51. The third-order valence-electron chi connectivity index (χ3n) is 5.15. The summed E-state index contributed by atoms with van der Waals surface area (Å²) < 4.78 is 14.6. The molecular formula is C24H19FN4O3.